The molecular weight excluding hydrogens is 102 g/mol. The van der Waals surface area contributed by atoms with Crippen molar-refractivity contribution in [3.8, 4) is 6.07 Å². The third kappa shape index (κ3) is 4.70. The van der Waals surface area contributed by atoms with Gasteiger partial charge in [-0.25, -0.2) is 0 Å². The van der Waals surface area contributed by atoms with Crippen LogP contribution in [0.5, 0.6) is 0 Å². The van der Waals surface area contributed by atoms with Crippen LogP contribution in [-0.2, 0) is 0 Å². The van der Waals surface area contributed by atoms with Crippen LogP contribution in [0.15, 0.2) is 17.1 Å². The molecule has 0 bridgehead atoms. The average Bonchev–Trinajstić information content (AvgIpc) is 1.81. The second-order valence-corrected chi connectivity index (χ2v) is 1.05. The van der Waals surface area contributed by atoms with Crippen molar-refractivity contribution in [3.05, 3.63) is 12.2 Å². The predicted molar refractivity (Wildman–Crippen MR) is 32.3 cm³/mol. The van der Waals surface area contributed by atoms with E-state index in [2.05, 4.69) is 4.99 Å². The molecule has 0 aromatic carbocycles. The predicted octanol–water partition coefficient (Wildman–Crippen LogP) is 0.0532. The zero-order chi connectivity index (χ0) is 6.24. The second kappa shape index (κ2) is 5.70. The third-order valence-electron chi connectivity index (χ3n) is 0.509. The van der Waals surface area contributed by atoms with Gasteiger partial charge in [0.05, 0.1) is 19.0 Å². The molecule has 0 saturated carbocycles. The normalized spacial score (nSPS) is 10.4. The SMILES string of the molecule is N#C/C=C/CN=CN. The van der Waals surface area contributed by atoms with E-state index < -0.39 is 0 Å². The van der Waals surface area contributed by atoms with Crippen LogP contribution in [0.4, 0.5) is 0 Å². The van der Waals surface area contributed by atoms with Gasteiger partial charge in [-0.2, -0.15) is 5.26 Å². The van der Waals surface area contributed by atoms with E-state index in [-0.39, 0.29) is 0 Å². The van der Waals surface area contributed by atoms with Gasteiger partial charge < -0.3 is 5.73 Å². The highest BCUT2D eigenvalue weighted by Gasteiger charge is 1.64. The van der Waals surface area contributed by atoms with Gasteiger partial charge in [-0.3, -0.25) is 4.99 Å². The number of hydrogen-bond acceptors (Lipinski definition) is 2. The van der Waals surface area contributed by atoms with Crippen LogP contribution in [0, 0.1) is 11.3 Å². The van der Waals surface area contributed by atoms with Crippen molar-refractivity contribution in [2.24, 2.45) is 10.7 Å². The van der Waals surface area contributed by atoms with Crippen LogP contribution in [0.3, 0.4) is 0 Å². The maximum atomic E-state index is 7.95. The summed E-state index contributed by atoms with van der Waals surface area (Å²) >= 11 is 0. The molecule has 0 fully saturated rings. The molecule has 0 rings (SSSR count). The fourth-order valence-electron chi connectivity index (χ4n) is 0.227. The Balaban J connectivity index is 3.20. The second-order valence-electron chi connectivity index (χ2n) is 1.05. The van der Waals surface area contributed by atoms with E-state index in [9.17, 15) is 0 Å². The largest absolute Gasteiger partial charge is 0.390 e. The summed E-state index contributed by atoms with van der Waals surface area (Å²) in [5, 5.41) is 7.95. The minimum Gasteiger partial charge on any atom is -0.390 e. The van der Waals surface area contributed by atoms with E-state index in [0.29, 0.717) is 6.54 Å². The summed E-state index contributed by atoms with van der Waals surface area (Å²) in [5.74, 6) is 0. The topological polar surface area (TPSA) is 62.2 Å². The maximum Gasteiger partial charge on any atom is 0.0909 e. The molecule has 0 aliphatic heterocycles. The first-order valence-electron chi connectivity index (χ1n) is 2.16. The van der Waals surface area contributed by atoms with Crippen LogP contribution in [0.1, 0.15) is 0 Å². The lowest BCUT2D eigenvalue weighted by Gasteiger charge is -1.74. The molecule has 3 nitrogen and oxygen atoms in total. The number of hydrogen-bond donors (Lipinski definition) is 1. The average molecular weight is 109 g/mol. The summed E-state index contributed by atoms with van der Waals surface area (Å²) in [6.45, 7) is 0.490. The van der Waals surface area contributed by atoms with Gasteiger partial charge in [-0.1, -0.05) is 6.08 Å². The third-order valence-corrected chi connectivity index (χ3v) is 0.509. The monoisotopic (exact) mass is 109 g/mol. The molecule has 2 N–H and O–H groups in total. The minimum absolute atomic E-state index is 0.490. The van der Waals surface area contributed by atoms with Crippen molar-refractivity contribution in [2.75, 3.05) is 6.54 Å². The maximum absolute atomic E-state index is 7.95. The van der Waals surface area contributed by atoms with Crippen molar-refractivity contribution >= 4 is 6.34 Å². The van der Waals surface area contributed by atoms with E-state index in [1.54, 1.807) is 6.08 Å². The lowest BCUT2D eigenvalue weighted by molar-refractivity contribution is 1.25. The summed E-state index contributed by atoms with van der Waals surface area (Å²) in [7, 11) is 0. The van der Waals surface area contributed by atoms with Gasteiger partial charge in [-0.15, -0.1) is 0 Å². The Labute approximate surface area is 48.1 Å². The van der Waals surface area contributed by atoms with Crippen LogP contribution >= 0.6 is 0 Å². The van der Waals surface area contributed by atoms with Crippen molar-refractivity contribution in [2.45, 2.75) is 0 Å². The first-order valence-corrected chi connectivity index (χ1v) is 2.16. The van der Waals surface area contributed by atoms with Crippen LogP contribution in [0.25, 0.3) is 0 Å². The summed E-state index contributed by atoms with van der Waals surface area (Å²) < 4.78 is 0. The highest BCUT2D eigenvalue weighted by atomic mass is 14.8. The molecule has 0 radical (unpaired) electrons. The Bertz CT molecular complexity index is 129. The molecule has 0 spiro atoms. The highest BCUT2D eigenvalue weighted by molar-refractivity contribution is 5.51. The zero-order valence-electron chi connectivity index (χ0n) is 4.41. The molecule has 0 amide bonds. The molecule has 0 aliphatic rings. The fourth-order valence-corrected chi connectivity index (χ4v) is 0.227. The lowest BCUT2D eigenvalue weighted by Crippen LogP contribution is -1.88. The Kier molecular flexibility index (Phi) is 4.77. The molecule has 0 aliphatic carbocycles. The number of rotatable bonds is 2. The summed E-state index contributed by atoms with van der Waals surface area (Å²) in [4.78, 5) is 3.62. The summed E-state index contributed by atoms with van der Waals surface area (Å²) in [6, 6.07) is 1.83. The van der Waals surface area contributed by atoms with Crippen molar-refractivity contribution < 1.29 is 0 Å². The van der Waals surface area contributed by atoms with Gasteiger partial charge in [0.2, 0.25) is 0 Å². The Morgan fingerprint density at radius 3 is 3.00 bits per heavy atom. The molecule has 0 aromatic heterocycles. The van der Waals surface area contributed by atoms with Crippen LogP contribution < -0.4 is 5.73 Å². The lowest BCUT2D eigenvalue weighted by atomic mass is 10.5. The van der Waals surface area contributed by atoms with Gasteiger partial charge in [0.25, 0.3) is 0 Å². The molecule has 0 atom stereocenters. The number of allylic oxidation sites excluding steroid dienone is 1. The van der Waals surface area contributed by atoms with Crippen molar-refractivity contribution in [1.82, 2.24) is 0 Å². The number of nitrogens with two attached hydrogens (primary N) is 1. The smallest absolute Gasteiger partial charge is 0.0909 e. The van der Waals surface area contributed by atoms with Gasteiger partial charge in [-0.05, 0) is 0 Å². The molecule has 3 heteroatoms. The number of nitriles is 1. The van der Waals surface area contributed by atoms with E-state index >= 15 is 0 Å². The Morgan fingerprint density at radius 1 is 1.75 bits per heavy atom. The summed E-state index contributed by atoms with van der Waals surface area (Å²) in [6.07, 6.45) is 4.21. The van der Waals surface area contributed by atoms with Gasteiger partial charge in [0.1, 0.15) is 0 Å². The first kappa shape index (κ1) is 6.70. The molecule has 0 saturated heterocycles. The number of aliphatic imine (C=N–C) groups is 1. The van der Waals surface area contributed by atoms with Gasteiger partial charge >= 0.3 is 0 Å². The zero-order valence-corrected chi connectivity index (χ0v) is 4.41. The molecule has 0 unspecified atom stereocenters. The van der Waals surface area contributed by atoms with E-state index in [4.69, 9.17) is 11.0 Å². The first-order chi connectivity index (χ1) is 3.91. The Hall–Kier alpha value is -1.30. The molecule has 0 heterocycles. The molecule has 8 heavy (non-hydrogen) atoms. The van der Waals surface area contributed by atoms with Crippen LogP contribution in [-0.4, -0.2) is 12.9 Å². The summed E-state index contributed by atoms with van der Waals surface area (Å²) in [5.41, 5.74) is 4.90. The van der Waals surface area contributed by atoms with E-state index in [0.717, 1.165) is 0 Å². The van der Waals surface area contributed by atoms with E-state index in [1.165, 1.54) is 12.4 Å². The molecule has 42 valence electrons. The van der Waals surface area contributed by atoms with Gasteiger partial charge in [0.15, 0.2) is 0 Å². The quantitative estimate of drug-likeness (QED) is 0.309. The van der Waals surface area contributed by atoms with Crippen LogP contribution in [0.2, 0.25) is 0 Å². The molecule has 0 aromatic rings. The molecular formula is C5H7N3. The minimum atomic E-state index is 0.490. The highest BCUT2D eigenvalue weighted by Crippen LogP contribution is 1.69. The van der Waals surface area contributed by atoms with Crippen molar-refractivity contribution in [3.63, 3.8) is 0 Å². The standard InChI is InChI=1S/C5H7N3/c6-3-1-2-4-8-5-7/h1-2,5H,4H2,(H2,7,8)/b2-1+. The van der Waals surface area contributed by atoms with Crippen molar-refractivity contribution in [1.29, 1.82) is 5.26 Å². The Morgan fingerprint density at radius 2 is 2.50 bits per heavy atom. The fraction of sp³-hybridized carbons (Fsp3) is 0.200. The van der Waals surface area contributed by atoms with E-state index in [1.807, 2.05) is 6.07 Å². The van der Waals surface area contributed by atoms with Gasteiger partial charge in [0, 0.05) is 6.08 Å². The number of nitrogens with zero attached hydrogens (tertiary/aromatic N) is 2.